The number of hydrogen-bond donors (Lipinski definition) is 2. The summed E-state index contributed by atoms with van der Waals surface area (Å²) in [6, 6.07) is 2.33. The van der Waals surface area contributed by atoms with Gasteiger partial charge in [0.15, 0.2) is 0 Å². The van der Waals surface area contributed by atoms with E-state index in [0.717, 1.165) is 0 Å². The standard InChI is InChI=1S/C15H19FN2O3/c1-4-12-15(21)17-14(20)7-18(12)13-5-8(2)11(16)6-10(13)9(3)19/h5-6,9,12,19H,4,7H2,1-3H3,(H,17,20,21)/t9-,12?/m0/s1. The molecule has 2 atom stereocenters. The highest BCUT2D eigenvalue weighted by Gasteiger charge is 2.34. The number of benzene rings is 1. The molecule has 0 saturated carbocycles. The molecule has 2 N–H and O–H groups in total. The number of anilines is 1. The van der Waals surface area contributed by atoms with Gasteiger partial charge in [0.2, 0.25) is 11.8 Å². The van der Waals surface area contributed by atoms with Crippen LogP contribution in [0.3, 0.4) is 0 Å². The molecule has 2 rings (SSSR count). The number of carbonyl (C=O) groups is 2. The summed E-state index contributed by atoms with van der Waals surface area (Å²) in [7, 11) is 0. The minimum atomic E-state index is -0.896. The maximum absolute atomic E-state index is 13.7. The lowest BCUT2D eigenvalue weighted by Gasteiger charge is -2.37. The van der Waals surface area contributed by atoms with Crippen molar-refractivity contribution in [3.8, 4) is 0 Å². The first-order chi connectivity index (χ1) is 9.85. The van der Waals surface area contributed by atoms with Gasteiger partial charge in [-0.1, -0.05) is 6.92 Å². The minimum absolute atomic E-state index is 0.00897. The number of imide groups is 1. The summed E-state index contributed by atoms with van der Waals surface area (Å²) in [6.45, 7) is 4.98. The number of nitrogens with one attached hydrogen (secondary N) is 1. The van der Waals surface area contributed by atoms with Gasteiger partial charge in [-0.25, -0.2) is 4.39 Å². The zero-order valence-electron chi connectivity index (χ0n) is 12.3. The number of amides is 2. The molecule has 5 nitrogen and oxygen atoms in total. The number of aryl methyl sites for hydroxylation is 1. The number of carbonyl (C=O) groups excluding carboxylic acids is 2. The Bertz CT molecular complexity index is 587. The molecule has 114 valence electrons. The average molecular weight is 294 g/mol. The zero-order valence-corrected chi connectivity index (χ0v) is 12.3. The molecule has 1 aromatic rings. The van der Waals surface area contributed by atoms with Gasteiger partial charge in [0.05, 0.1) is 12.6 Å². The summed E-state index contributed by atoms with van der Waals surface area (Å²) in [5, 5.41) is 12.2. The van der Waals surface area contributed by atoms with Crippen molar-refractivity contribution in [2.45, 2.75) is 39.3 Å². The van der Waals surface area contributed by atoms with Crippen LogP contribution in [0.2, 0.25) is 0 Å². The largest absolute Gasteiger partial charge is 0.389 e. The second-order valence-electron chi connectivity index (χ2n) is 5.30. The van der Waals surface area contributed by atoms with Crippen LogP contribution in [-0.4, -0.2) is 29.5 Å². The van der Waals surface area contributed by atoms with E-state index in [2.05, 4.69) is 5.32 Å². The Morgan fingerprint density at radius 2 is 2.14 bits per heavy atom. The Hall–Kier alpha value is -1.95. The molecule has 6 heteroatoms. The molecule has 0 bridgehead atoms. The number of piperazine rings is 1. The van der Waals surface area contributed by atoms with Gasteiger partial charge in [-0.05, 0) is 38.0 Å². The average Bonchev–Trinajstić information content (AvgIpc) is 2.40. The Morgan fingerprint density at radius 1 is 1.48 bits per heavy atom. The molecule has 1 aliphatic heterocycles. The van der Waals surface area contributed by atoms with Crippen LogP contribution in [0.4, 0.5) is 10.1 Å². The van der Waals surface area contributed by atoms with E-state index in [1.165, 1.54) is 13.0 Å². The van der Waals surface area contributed by atoms with Crippen LogP contribution in [0.25, 0.3) is 0 Å². The zero-order chi connectivity index (χ0) is 15.7. The number of aliphatic hydroxyl groups is 1. The van der Waals surface area contributed by atoms with Crippen LogP contribution in [0, 0.1) is 12.7 Å². The molecule has 0 aliphatic carbocycles. The fourth-order valence-corrected chi connectivity index (χ4v) is 2.59. The van der Waals surface area contributed by atoms with Gasteiger partial charge in [0, 0.05) is 11.3 Å². The lowest BCUT2D eigenvalue weighted by atomic mass is 10.0. The van der Waals surface area contributed by atoms with Crippen LogP contribution in [0.1, 0.15) is 37.5 Å². The summed E-state index contributed by atoms with van der Waals surface area (Å²) in [5.74, 6) is -1.19. The van der Waals surface area contributed by atoms with Crippen LogP contribution >= 0.6 is 0 Å². The first kappa shape index (κ1) is 15.4. The van der Waals surface area contributed by atoms with Crippen molar-refractivity contribution in [1.82, 2.24) is 5.32 Å². The third-order valence-corrected chi connectivity index (χ3v) is 3.71. The summed E-state index contributed by atoms with van der Waals surface area (Å²) < 4.78 is 13.7. The van der Waals surface area contributed by atoms with E-state index in [-0.39, 0.29) is 12.5 Å². The number of nitrogens with zero attached hydrogens (tertiary/aromatic N) is 1. The SMILES string of the molecule is CCC1C(=O)NC(=O)CN1c1cc(C)c(F)cc1[C@H](C)O. The van der Waals surface area contributed by atoms with Gasteiger partial charge in [0.1, 0.15) is 11.9 Å². The lowest BCUT2D eigenvalue weighted by molar-refractivity contribution is -0.132. The molecule has 2 amide bonds. The molecule has 1 fully saturated rings. The van der Waals surface area contributed by atoms with Gasteiger partial charge in [-0.15, -0.1) is 0 Å². The van der Waals surface area contributed by atoms with Gasteiger partial charge in [-0.3, -0.25) is 14.9 Å². The predicted octanol–water partition coefficient (Wildman–Crippen LogP) is 1.43. The summed E-state index contributed by atoms with van der Waals surface area (Å²) >= 11 is 0. The van der Waals surface area contributed by atoms with Crippen LogP contribution in [0.15, 0.2) is 12.1 Å². The van der Waals surface area contributed by atoms with Gasteiger partial charge < -0.3 is 10.0 Å². The highest BCUT2D eigenvalue weighted by molar-refractivity contribution is 6.04. The minimum Gasteiger partial charge on any atom is -0.389 e. The molecule has 1 saturated heterocycles. The highest BCUT2D eigenvalue weighted by Crippen LogP contribution is 2.32. The van der Waals surface area contributed by atoms with Crippen molar-refractivity contribution >= 4 is 17.5 Å². The Balaban J connectivity index is 2.54. The fourth-order valence-electron chi connectivity index (χ4n) is 2.59. The lowest BCUT2D eigenvalue weighted by Crippen LogP contribution is -2.58. The maximum Gasteiger partial charge on any atom is 0.249 e. The molecule has 0 spiro atoms. The van der Waals surface area contributed by atoms with E-state index < -0.39 is 23.9 Å². The second-order valence-corrected chi connectivity index (χ2v) is 5.30. The van der Waals surface area contributed by atoms with Crippen molar-refractivity contribution in [1.29, 1.82) is 0 Å². The summed E-state index contributed by atoms with van der Waals surface area (Å²) in [5.41, 5.74) is 1.31. The number of halogens is 1. The number of rotatable bonds is 3. The number of hydrogen-bond acceptors (Lipinski definition) is 4. The molecule has 1 aromatic carbocycles. The van der Waals surface area contributed by atoms with Crippen molar-refractivity contribution in [2.24, 2.45) is 0 Å². The van der Waals surface area contributed by atoms with E-state index >= 15 is 0 Å². The first-order valence-electron chi connectivity index (χ1n) is 6.93. The monoisotopic (exact) mass is 294 g/mol. The smallest absolute Gasteiger partial charge is 0.249 e. The molecular formula is C15H19FN2O3. The van der Waals surface area contributed by atoms with E-state index in [4.69, 9.17) is 0 Å². The van der Waals surface area contributed by atoms with Gasteiger partial charge in [0.25, 0.3) is 0 Å². The third kappa shape index (κ3) is 2.90. The summed E-state index contributed by atoms with van der Waals surface area (Å²) in [4.78, 5) is 25.2. The fraction of sp³-hybridized carbons (Fsp3) is 0.467. The molecule has 1 unspecified atom stereocenters. The summed E-state index contributed by atoms with van der Waals surface area (Å²) in [6.07, 6.45) is -0.387. The Morgan fingerprint density at radius 3 is 2.71 bits per heavy atom. The van der Waals surface area contributed by atoms with Gasteiger partial charge in [-0.2, -0.15) is 0 Å². The topological polar surface area (TPSA) is 69.6 Å². The Kier molecular flexibility index (Phi) is 4.27. The molecule has 21 heavy (non-hydrogen) atoms. The third-order valence-electron chi connectivity index (χ3n) is 3.71. The van der Waals surface area contributed by atoms with Crippen molar-refractivity contribution in [2.75, 3.05) is 11.4 Å². The molecule has 0 aromatic heterocycles. The van der Waals surface area contributed by atoms with Crippen molar-refractivity contribution in [3.05, 3.63) is 29.1 Å². The van der Waals surface area contributed by atoms with Crippen LogP contribution in [0.5, 0.6) is 0 Å². The Labute approximate surface area is 122 Å². The van der Waals surface area contributed by atoms with Crippen molar-refractivity contribution < 1.29 is 19.1 Å². The van der Waals surface area contributed by atoms with Crippen LogP contribution in [-0.2, 0) is 9.59 Å². The van der Waals surface area contributed by atoms with Crippen molar-refractivity contribution in [3.63, 3.8) is 0 Å². The molecule has 1 aliphatic rings. The first-order valence-corrected chi connectivity index (χ1v) is 6.93. The van der Waals surface area contributed by atoms with E-state index in [1.54, 1.807) is 17.9 Å². The van der Waals surface area contributed by atoms with Gasteiger partial charge >= 0.3 is 0 Å². The van der Waals surface area contributed by atoms with E-state index in [0.29, 0.717) is 23.2 Å². The molecular weight excluding hydrogens is 275 g/mol. The highest BCUT2D eigenvalue weighted by atomic mass is 19.1. The maximum atomic E-state index is 13.7. The number of aliphatic hydroxyl groups excluding tert-OH is 1. The second kappa shape index (κ2) is 5.81. The normalized spacial score (nSPS) is 20.4. The van der Waals surface area contributed by atoms with Crippen LogP contribution < -0.4 is 10.2 Å². The predicted molar refractivity (Wildman–Crippen MR) is 76.3 cm³/mol. The van der Waals surface area contributed by atoms with E-state index in [9.17, 15) is 19.1 Å². The molecule has 0 radical (unpaired) electrons. The quantitative estimate of drug-likeness (QED) is 0.827. The van der Waals surface area contributed by atoms with E-state index in [1.807, 2.05) is 6.92 Å². The molecule has 1 heterocycles.